The molecule has 29 heavy (non-hydrogen) atoms. The number of nitrogens with one attached hydrogen (secondary N) is 1. The first-order valence-corrected chi connectivity index (χ1v) is 13.8. The van der Waals surface area contributed by atoms with Crippen LogP contribution in [0.4, 0.5) is 0 Å². The van der Waals surface area contributed by atoms with Crippen molar-refractivity contribution in [1.82, 2.24) is 15.1 Å². The van der Waals surface area contributed by atoms with Crippen molar-refractivity contribution in [1.29, 1.82) is 0 Å². The minimum absolute atomic E-state index is 0.153. The molecular weight excluding hydrogens is 608 g/mol. The average molecular weight is 627 g/mol. The first kappa shape index (κ1) is 21.7. The topological polar surface area (TPSA) is 46.9 Å². The molecule has 2 heterocycles. The summed E-state index contributed by atoms with van der Waals surface area (Å²) in [5, 5.41) is 8.88. The summed E-state index contributed by atoms with van der Waals surface area (Å²) in [5.74, 6) is -0.153. The predicted molar refractivity (Wildman–Crippen MR) is 129 cm³/mol. The third-order valence-electron chi connectivity index (χ3n) is 5.03. The van der Waals surface area contributed by atoms with Gasteiger partial charge in [-0.05, 0) is 0 Å². The molecule has 1 aliphatic carbocycles. The van der Waals surface area contributed by atoms with Gasteiger partial charge >= 0.3 is 204 Å². The molecule has 1 aromatic heterocycles. The Bertz CT molecular complexity index is 1030. The Labute approximate surface area is 202 Å². The van der Waals surface area contributed by atoms with Gasteiger partial charge in [0.2, 0.25) is 0 Å². The molecule has 0 unspecified atom stereocenters. The molecular formula is C20H19Br2Cl2N3OSe. The second-order valence-corrected chi connectivity index (χ2v) is 13.9. The summed E-state index contributed by atoms with van der Waals surface area (Å²) in [6.45, 7) is 0. The van der Waals surface area contributed by atoms with E-state index in [1.165, 1.54) is 14.3 Å². The van der Waals surface area contributed by atoms with Crippen LogP contribution in [0.25, 0.3) is 10.2 Å². The molecule has 4 nitrogen and oxygen atoms in total. The van der Waals surface area contributed by atoms with E-state index in [-0.39, 0.29) is 11.9 Å². The van der Waals surface area contributed by atoms with Gasteiger partial charge in [-0.15, -0.1) is 0 Å². The fourth-order valence-corrected chi connectivity index (χ4v) is 8.34. The first-order chi connectivity index (χ1) is 13.9. The molecule has 1 amide bonds. The number of nitrogens with zero attached hydrogens (tertiary/aromatic N) is 2. The zero-order valence-electron chi connectivity index (χ0n) is 15.3. The zero-order chi connectivity index (χ0) is 20.5. The SMILES string of the molecule is O=C(NC1CCCCC1)c1nn(-c2ccc(Cl)cc2Cl)c(C2=CC=C(Br)[SeH2]2)c1Br. The summed E-state index contributed by atoms with van der Waals surface area (Å²) < 4.78 is 4.82. The van der Waals surface area contributed by atoms with Crippen LogP contribution in [-0.4, -0.2) is 36.7 Å². The van der Waals surface area contributed by atoms with Crippen molar-refractivity contribution in [3.63, 3.8) is 0 Å². The molecule has 1 N–H and O–H groups in total. The molecule has 9 heteroatoms. The predicted octanol–water partition coefficient (Wildman–Crippen LogP) is 5.76. The number of hydrogen-bond acceptors (Lipinski definition) is 2. The van der Waals surface area contributed by atoms with Gasteiger partial charge in [-0.3, -0.25) is 0 Å². The molecule has 2 aromatic rings. The van der Waals surface area contributed by atoms with Crippen molar-refractivity contribution in [2.75, 3.05) is 0 Å². The fraction of sp³-hybridized carbons (Fsp3) is 0.300. The third-order valence-corrected chi connectivity index (χ3v) is 9.87. The summed E-state index contributed by atoms with van der Waals surface area (Å²) >= 11 is 19.3. The molecule has 1 saturated carbocycles. The van der Waals surface area contributed by atoms with Gasteiger partial charge in [0.15, 0.2) is 0 Å². The van der Waals surface area contributed by atoms with Gasteiger partial charge in [0.25, 0.3) is 0 Å². The molecule has 1 aliphatic heterocycles. The maximum atomic E-state index is 13.0. The van der Waals surface area contributed by atoms with Gasteiger partial charge in [-0.25, -0.2) is 0 Å². The van der Waals surface area contributed by atoms with Crippen LogP contribution in [-0.2, 0) is 0 Å². The number of carbonyl (C=O) groups excluding carboxylic acids is 1. The van der Waals surface area contributed by atoms with Crippen LogP contribution in [0.5, 0.6) is 0 Å². The summed E-state index contributed by atoms with van der Waals surface area (Å²) in [7, 11) is 0. The molecule has 2 aliphatic rings. The van der Waals surface area contributed by atoms with Crippen molar-refractivity contribution in [3.8, 4) is 5.69 Å². The molecule has 154 valence electrons. The maximum absolute atomic E-state index is 13.0. The van der Waals surface area contributed by atoms with Crippen molar-refractivity contribution in [2.24, 2.45) is 0 Å². The van der Waals surface area contributed by atoms with Crippen LogP contribution >= 0.6 is 55.1 Å². The monoisotopic (exact) mass is 625 g/mol. The Morgan fingerprint density at radius 1 is 1.17 bits per heavy atom. The van der Waals surface area contributed by atoms with E-state index >= 15 is 0 Å². The van der Waals surface area contributed by atoms with E-state index in [2.05, 4.69) is 54.4 Å². The Balaban J connectivity index is 1.75. The third kappa shape index (κ3) is 4.70. The van der Waals surface area contributed by atoms with Gasteiger partial charge in [-0.1, -0.05) is 0 Å². The van der Waals surface area contributed by atoms with Crippen molar-refractivity contribution in [3.05, 3.63) is 59.6 Å². The molecule has 1 fully saturated rings. The van der Waals surface area contributed by atoms with Crippen LogP contribution < -0.4 is 5.32 Å². The van der Waals surface area contributed by atoms with Gasteiger partial charge in [0.05, 0.1) is 0 Å². The quantitative estimate of drug-likeness (QED) is 0.439. The van der Waals surface area contributed by atoms with Crippen LogP contribution in [0.2, 0.25) is 10.0 Å². The van der Waals surface area contributed by atoms with Crippen LogP contribution in [0.3, 0.4) is 0 Å². The Hall–Kier alpha value is -0.561. The van der Waals surface area contributed by atoms with Crippen LogP contribution in [0, 0.1) is 0 Å². The molecule has 0 spiro atoms. The van der Waals surface area contributed by atoms with Gasteiger partial charge in [0.1, 0.15) is 0 Å². The molecule has 1 aromatic carbocycles. The number of amides is 1. The number of benzene rings is 1. The Morgan fingerprint density at radius 3 is 2.59 bits per heavy atom. The summed E-state index contributed by atoms with van der Waals surface area (Å²) in [5.41, 5.74) is 1.94. The van der Waals surface area contributed by atoms with Crippen molar-refractivity contribution < 1.29 is 4.79 Å². The number of carbonyl (C=O) groups is 1. The van der Waals surface area contributed by atoms with Gasteiger partial charge in [-0.2, -0.15) is 0 Å². The summed E-state index contributed by atoms with van der Waals surface area (Å²) in [6.07, 6.45) is 9.74. The molecule has 0 bridgehead atoms. The van der Waals surface area contributed by atoms with E-state index in [9.17, 15) is 4.79 Å². The zero-order valence-corrected chi connectivity index (χ0v) is 22.1. The minimum atomic E-state index is -0.534. The number of allylic oxidation sites excluding steroid dienone is 2. The standard InChI is InChI=1S/C20H19Br2Cl2N3OSe/c21-16-9-8-15(29-16)19-17(22)18(20(28)25-12-4-2-1-3-5-12)26-27(19)14-7-6-11(23)10-13(14)24/h6-10,12H,1-5,29H2,(H,25,28). The number of rotatable bonds is 4. The van der Waals surface area contributed by atoms with E-state index < -0.39 is 15.0 Å². The molecule has 0 atom stereocenters. The number of aromatic nitrogens is 2. The summed E-state index contributed by atoms with van der Waals surface area (Å²) in [6, 6.07) is 5.50. The van der Waals surface area contributed by atoms with Gasteiger partial charge in [0, 0.05) is 0 Å². The number of halogens is 4. The second kappa shape index (κ2) is 9.29. The van der Waals surface area contributed by atoms with Crippen LogP contribution in [0.1, 0.15) is 48.3 Å². The van der Waals surface area contributed by atoms with E-state index in [0.29, 0.717) is 25.9 Å². The Morgan fingerprint density at radius 2 is 1.93 bits per heavy atom. The molecule has 0 saturated heterocycles. The van der Waals surface area contributed by atoms with Crippen molar-refractivity contribution >= 4 is 80.4 Å². The molecule has 0 radical (unpaired) electrons. The average Bonchev–Trinajstić information content (AvgIpc) is 3.25. The normalized spacial score (nSPS) is 18.6. The molecule has 4 rings (SSSR count). The fourth-order valence-electron chi connectivity index (χ4n) is 3.61. The first-order valence-electron chi connectivity index (χ1n) is 9.33. The second-order valence-electron chi connectivity index (χ2n) is 7.05. The van der Waals surface area contributed by atoms with Gasteiger partial charge < -0.3 is 0 Å². The summed E-state index contributed by atoms with van der Waals surface area (Å²) in [4.78, 5) is 13.0. The Kier molecular flexibility index (Phi) is 6.94. The van der Waals surface area contributed by atoms with Crippen LogP contribution in [0.15, 0.2) is 38.2 Å². The van der Waals surface area contributed by atoms with E-state index in [1.807, 2.05) is 6.07 Å². The van der Waals surface area contributed by atoms with E-state index in [0.717, 1.165) is 31.4 Å². The number of hydrogen-bond donors (Lipinski definition) is 1. The van der Waals surface area contributed by atoms with E-state index in [1.54, 1.807) is 16.8 Å². The van der Waals surface area contributed by atoms with Crippen molar-refractivity contribution in [2.45, 2.75) is 38.1 Å². The van der Waals surface area contributed by atoms with E-state index in [4.69, 9.17) is 23.2 Å².